The molecule has 0 radical (unpaired) electrons. The second-order valence-electron chi connectivity index (χ2n) is 9.00. The highest BCUT2D eigenvalue weighted by Crippen LogP contribution is 2.35. The molecule has 3 aromatic heterocycles. The third kappa shape index (κ3) is 5.14. The van der Waals surface area contributed by atoms with Gasteiger partial charge in [-0.2, -0.15) is 9.97 Å². The lowest BCUT2D eigenvalue weighted by atomic mass is 10.1. The summed E-state index contributed by atoms with van der Waals surface area (Å²) >= 11 is 0. The second kappa shape index (κ2) is 11.3. The van der Waals surface area contributed by atoms with Gasteiger partial charge in [-0.1, -0.05) is 30.3 Å². The van der Waals surface area contributed by atoms with Gasteiger partial charge in [0.15, 0.2) is 6.23 Å². The number of Topliss-reactive ketones (excluding diaryl/α,β-unsaturated/α-hetero) is 1. The number of carbonyl (C=O) groups is 1. The van der Waals surface area contributed by atoms with E-state index in [1.54, 1.807) is 11.0 Å². The highest BCUT2D eigenvalue weighted by molar-refractivity contribution is 6.13. The van der Waals surface area contributed by atoms with Crippen LogP contribution in [0.3, 0.4) is 0 Å². The van der Waals surface area contributed by atoms with Crippen LogP contribution in [0.1, 0.15) is 22.1 Å². The molecule has 2 unspecified atom stereocenters. The lowest BCUT2D eigenvalue weighted by molar-refractivity contribution is -0.0601. The number of H-pyrrole nitrogens is 1. The smallest absolute Gasteiger partial charge is 0.320 e. The first-order valence-corrected chi connectivity index (χ1v) is 12.4. The number of piperazine rings is 1. The number of nitrogens with one attached hydrogen (secondary N) is 1. The Morgan fingerprint density at radius 1 is 0.974 bits per heavy atom. The molecule has 0 aliphatic carbocycles. The van der Waals surface area contributed by atoms with Crippen LogP contribution in [0.4, 0.5) is 0 Å². The number of carbonyl (C=O) groups excluding carboxylic acids is 1. The lowest BCUT2D eigenvalue weighted by Crippen LogP contribution is -2.53. The van der Waals surface area contributed by atoms with E-state index in [0.717, 1.165) is 5.56 Å². The Balaban J connectivity index is 1.40. The Morgan fingerprint density at radius 3 is 2.36 bits per heavy atom. The topological polar surface area (TPSA) is 146 Å². The number of hydrogen-bond acceptors (Lipinski definition) is 11. The number of ether oxygens (including phenoxy) is 3. The summed E-state index contributed by atoms with van der Waals surface area (Å²) in [6.07, 6.45) is 0.915. The van der Waals surface area contributed by atoms with E-state index in [-0.39, 0.29) is 17.5 Å². The Morgan fingerprint density at radius 2 is 1.69 bits per heavy atom. The molecular formula is C27H30N6O6. The van der Waals surface area contributed by atoms with Gasteiger partial charge in [-0.3, -0.25) is 14.6 Å². The Hall–Kier alpha value is -4.10. The van der Waals surface area contributed by atoms with E-state index in [1.807, 2.05) is 35.2 Å². The van der Waals surface area contributed by atoms with Gasteiger partial charge in [-0.15, -0.1) is 0 Å². The maximum Gasteiger partial charge on any atom is 0.320 e. The third-order valence-electron chi connectivity index (χ3n) is 6.85. The van der Waals surface area contributed by atoms with E-state index < -0.39 is 18.2 Å². The van der Waals surface area contributed by atoms with Gasteiger partial charge in [-0.05, 0) is 5.56 Å². The summed E-state index contributed by atoms with van der Waals surface area (Å²) in [6, 6.07) is 11.1. The fourth-order valence-electron chi connectivity index (χ4n) is 4.75. The molecule has 1 aliphatic heterocycles. The summed E-state index contributed by atoms with van der Waals surface area (Å²) in [5, 5.41) is 22.3. The zero-order chi connectivity index (χ0) is 27.5. The summed E-state index contributed by atoms with van der Waals surface area (Å²) in [6.45, 7) is 1.79. The molecule has 1 aromatic carbocycles. The zero-order valence-corrected chi connectivity index (χ0v) is 21.9. The monoisotopic (exact) mass is 534 g/mol. The fraction of sp³-hybridized carbons (Fsp3) is 0.333. The number of methoxy groups -OCH3 is 3. The summed E-state index contributed by atoms with van der Waals surface area (Å²) < 4.78 is 16.0. The molecule has 0 spiro atoms. The Labute approximate surface area is 224 Å². The van der Waals surface area contributed by atoms with Crippen molar-refractivity contribution in [2.24, 2.45) is 0 Å². The lowest BCUT2D eigenvalue weighted by Gasteiger charge is -2.38. The van der Waals surface area contributed by atoms with Crippen LogP contribution < -0.4 is 14.2 Å². The third-order valence-corrected chi connectivity index (χ3v) is 6.85. The number of fused-ring (bicyclic) bond motifs is 1. The molecule has 5 rings (SSSR count). The van der Waals surface area contributed by atoms with Gasteiger partial charge >= 0.3 is 6.01 Å². The molecule has 204 valence electrons. The standard InChI is InChI=1S/C27H30N6O6/c1-37-19-15-29-22(18-13-20(38-2)31-27(30-18)39-3)23-21(19)17(14-28-23)24(34)26(36)33-11-9-32(10-12-33)25(35)16-7-5-4-6-8-16/h4-8,13-15,25-26,28,35-36H,9-12H2,1-3H3. The zero-order valence-electron chi connectivity index (χ0n) is 21.9. The summed E-state index contributed by atoms with van der Waals surface area (Å²) in [5.41, 5.74) is 2.42. The first-order chi connectivity index (χ1) is 18.9. The predicted octanol–water partition coefficient (Wildman–Crippen LogP) is 1.86. The van der Waals surface area contributed by atoms with Crippen LogP contribution in [0.2, 0.25) is 0 Å². The van der Waals surface area contributed by atoms with E-state index >= 15 is 0 Å². The fourth-order valence-corrected chi connectivity index (χ4v) is 4.75. The molecule has 4 heterocycles. The van der Waals surface area contributed by atoms with Gasteiger partial charge in [0.25, 0.3) is 0 Å². The molecule has 12 nitrogen and oxygen atoms in total. The van der Waals surface area contributed by atoms with Crippen molar-refractivity contribution < 1.29 is 29.2 Å². The van der Waals surface area contributed by atoms with Crippen LogP contribution in [0.5, 0.6) is 17.6 Å². The van der Waals surface area contributed by atoms with Gasteiger partial charge in [0.05, 0.1) is 44.0 Å². The van der Waals surface area contributed by atoms with Crippen molar-refractivity contribution in [1.82, 2.24) is 29.7 Å². The molecule has 1 saturated heterocycles. The molecule has 0 amide bonds. The molecule has 2 atom stereocenters. The van der Waals surface area contributed by atoms with Crippen LogP contribution in [-0.4, -0.2) is 99.5 Å². The van der Waals surface area contributed by atoms with Crippen LogP contribution >= 0.6 is 0 Å². The number of rotatable bonds is 9. The van der Waals surface area contributed by atoms with E-state index in [4.69, 9.17) is 14.2 Å². The van der Waals surface area contributed by atoms with Crippen molar-refractivity contribution in [1.29, 1.82) is 0 Å². The van der Waals surface area contributed by atoms with Gasteiger partial charge in [0, 0.05) is 38.4 Å². The first kappa shape index (κ1) is 26.5. The molecular weight excluding hydrogens is 504 g/mol. The largest absolute Gasteiger partial charge is 0.494 e. The number of aliphatic hydroxyl groups is 2. The van der Waals surface area contributed by atoms with Gasteiger partial charge in [0.2, 0.25) is 11.7 Å². The van der Waals surface area contributed by atoms with Crippen molar-refractivity contribution in [3.8, 4) is 29.0 Å². The number of aromatic nitrogens is 4. The Kier molecular flexibility index (Phi) is 7.70. The van der Waals surface area contributed by atoms with Crippen molar-refractivity contribution in [2.75, 3.05) is 47.5 Å². The number of ketones is 1. The predicted molar refractivity (Wildman–Crippen MR) is 142 cm³/mol. The number of hydrogen-bond donors (Lipinski definition) is 3. The minimum Gasteiger partial charge on any atom is -0.494 e. The maximum absolute atomic E-state index is 13.6. The first-order valence-electron chi connectivity index (χ1n) is 12.4. The number of pyridine rings is 1. The molecule has 12 heteroatoms. The minimum absolute atomic E-state index is 0.102. The van der Waals surface area contributed by atoms with Crippen LogP contribution in [0.25, 0.3) is 22.3 Å². The highest BCUT2D eigenvalue weighted by Gasteiger charge is 2.32. The van der Waals surface area contributed by atoms with Gasteiger partial charge in [0.1, 0.15) is 23.4 Å². The average Bonchev–Trinajstić information content (AvgIpc) is 3.45. The number of benzene rings is 1. The summed E-state index contributed by atoms with van der Waals surface area (Å²) in [7, 11) is 4.42. The van der Waals surface area contributed by atoms with Crippen molar-refractivity contribution in [3.63, 3.8) is 0 Å². The summed E-state index contributed by atoms with van der Waals surface area (Å²) in [4.78, 5) is 33.3. The van der Waals surface area contributed by atoms with Crippen molar-refractivity contribution in [2.45, 2.75) is 12.5 Å². The molecule has 4 aromatic rings. The second-order valence-corrected chi connectivity index (χ2v) is 9.00. The Bertz CT molecular complexity index is 1430. The molecule has 1 aliphatic rings. The maximum atomic E-state index is 13.6. The number of aliphatic hydroxyl groups excluding tert-OH is 2. The molecule has 1 fully saturated rings. The van der Waals surface area contributed by atoms with Crippen molar-refractivity contribution >= 4 is 16.7 Å². The van der Waals surface area contributed by atoms with E-state index in [1.165, 1.54) is 33.7 Å². The number of nitrogens with zero attached hydrogens (tertiary/aromatic N) is 5. The van der Waals surface area contributed by atoms with Crippen molar-refractivity contribution in [3.05, 3.63) is 59.9 Å². The van der Waals surface area contributed by atoms with Gasteiger partial charge in [-0.25, -0.2) is 4.98 Å². The molecule has 0 saturated carbocycles. The molecule has 3 N–H and O–H groups in total. The van der Waals surface area contributed by atoms with Crippen LogP contribution in [0.15, 0.2) is 48.8 Å². The highest BCUT2D eigenvalue weighted by atomic mass is 16.5. The molecule has 0 bridgehead atoms. The van der Waals surface area contributed by atoms with Gasteiger partial charge < -0.3 is 29.4 Å². The minimum atomic E-state index is -1.37. The average molecular weight is 535 g/mol. The van der Waals surface area contributed by atoms with E-state index in [9.17, 15) is 15.0 Å². The van der Waals surface area contributed by atoms with E-state index in [2.05, 4.69) is 19.9 Å². The normalized spacial score (nSPS) is 16.1. The van der Waals surface area contributed by atoms with E-state index in [0.29, 0.717) is 54.2 Å². The quantitative estimate of drug-likeness (QED) is 0.270. The number of aromatic amines is 1. The summed E-state index contributed by atoms with van der Waals surface area (Å²) in [5.74, 6) is 0.179. The SMILES string of the molecule is COc1cc(-c2ncc(OC)c3c(C(=O)C(O)N4CCN(C(O)c5ccccc5)CC4)c[nH]c23)nc(OC)n1. The van der Waals surface area contributed by atoms with Crippen LogP contribution in [0, 0.1) is 0 Å². The van der Waals surface area contributed by atoms with Crippen LogP contribution in [-0.2, 0) is 0 Å². The molecule has 39 heavy (non-hydrogen) atoms.